The smallest absolute Gasteiger partial charge is 0.245 e. The fraction of sp³-hybridized carbons (Fsp3) is 0.529. The van der Waals surface area contributed by atoms with Crippen molar-refractivity contribution >= 4 is 35.4 Å². The zero-order valence-corrected chi connectivity index (χ0v) is 37.3. The van der Waals surface area contributed by atoms with Crippen molar-refractivity contribution in [2.45, 2.75) is 133 Å². The number of benzene rings is 3. The molecule has 0 radical (unpaired) electrons. The zero-order chi connectivity index (χ0) is 44.5. The van der Waals surface area contributed by atoms with Crippen LogP contribution >= 0.6 is 0 Å². The molecule has 9 atom stereocenters. The third kappa shape index (κ3) is 11.5. The van der Waals surface area contributed by atoms with Crippen molar-refractivity contribution in [2.75, 3.05) is 21.1 Å². The van der Waals surface area contributed by atoms with Gasteiger partial charge >= 0.3 is 0 Å². The van der Waals surface area contributed by atoms with E-state index in [0.717, 1.165) is 55.2 Å². The molecule has 336 valence electrons. The second-order valence-electron chi connectivity index (χ2n) is 18.7. The average molecular weight is 859 g/mol. The summed E-state index contributed by atoms with van der Waals surface area (Å²) in [6, 6.07) is 25.8. The number of carbonyl (C=O) groups is 6. The van der Waals surface area contributed by atoms with E-state index in [1.807, 2.05) is 91.0 Å². The van der Waals surface area contributed by atoms with Crippen molar-refractivity contribution in [3.63, 3.8) is 0 Å². The third-order valence-corrected chi connectivity index (χ3v) is 14.4. The summed E-state index contributed by atoms with van der Waals surface area (Å²) in [5, 5.41) is 9.46. The SMILES string of the molecule is CN1C(=O)[C@@H](Cc2ccccc2)NC(=O)[C@@H]2CCC[C@@H](C2)N(C)C(=O)[C@@H](Cc2ccccc2)NC(=O)[C@@H]2CCC[C@@H](C2)N(C)C(=O)[C@@H](Cc2ccccc2)NC(=O)[C@@H]2CCC[C@H]1C2. The molecule has 6 amide bonds. The average Bonchev–Trinajstić information content (AvgIpc) is 3.32. The van der Waals surface area contributed by atoms with E-state index in [-0.39, 0.29) is 53.6 Å². The first-order valence-electron chi connectivity index (χ1n) is 23.3. The predicted molar refractivity (Wildman–Crippen MR) is 242 cm³/mol. The minimum absolute atomic E-state index is 0.210. The Morgan fingerprint density at radius 2 is 0.651 bits per heavy atom. The summed E-state index contributed by atoms with van der Waals surface area (Å²) in [4.78, 5) is 91.7. The predicted octanol–water partition coefficient (Wildman–Crippen LogP) is 5.23. The van der Waals surface area contributed by atoms with Gasteiger partial charge in [-0.1, -0.05) is 110 Å². The van der Waals surface area contributed by atoms with Crippen LogP contribution in [-0.2, 0) is 48.0 Å². The van der Waals surface area contributed by atoms with Crippen LogP contribution in [0.25, 0.3) is 0 Å². The number of amides is 6. The van der Waals surface area contributed by atoms with Crippen LogP contribution in [0.1, 0.15) is 93.7 Å². The zero-order valence-electron chi connectivity index (χ0n) is 37.3. The summed E-state index contributed by atoms with van der Waals surface area (Å²) in [6.45, 7) is 0. The lowest BCUT2D eigenvalue weighted by Crippen LogP contribution is -2.56. The van der Waals surface area contributed by atoms with E-state index in [9.17, 15) is 28.8 Å². The van der Waals surface area contributed by atoms with Crippen molar-refractivity contribution in [3.8, 4) is 0 Å². The molecule has 3 N–H and O–H groups in total. The van der Waals surface area contributed by atoms with E-state index in [1.165, 1.54) is 0 Å². The van der Waals surface area contributed by atoms with Gasteiger partial charge < -0.3 is 30.7 Å². The van der Waals surface area contributed by atoms with Gasteiger partial charge in [0.05, 0.1) is 0 Å². The topological polar surface area (TPSA) is 148 Å². The summed E-state index contributed by atoms with van der Waals surface area (Å²) in [7, 11) is 5.33. The summed E-state index contributed by atoms with van der Waals surface area (Å²) in [5.41, 5.74) is 2.75. The number of nitrogens with zero attached hydrogens (tertiary/aromatic N) is 3. The lowest BCUT2D eigenvalue weighted by molar-refractivity contribution is -0.142. The summed E-state index contributed by atoms with van der Waals surface area (Å²) in [6.07, 6.45) is 8.54. The quantitative estimate of drug-likeness (QED) is 0.310. The highest BCUT2D eigenvalue weighted by Crippen LogP contribution is 2.32. The highest BCUT2D eigenvalue weighted by atomic mass is 16.2. The molecule has 0 spiro atoms. The van der Waals surface area contributed by atoms with Crippen molar-refractivity contribution in [3.05, 3.63) is 108 Å². The number of carbonyl (C=O) groups excluding carboxylic acids is 6. The van der Waals surface area contributed by atoms with Crippen molar-refractivity contribution in [1.82, 2.24) is 30.7 Å². The molecule has 4 aliphatic rings. The third-order valence-electron chi connectivity index (χ3n) is 14.4. The van der Waals surface area contributed by atoms with Crippen LogP contribution in [0.5, 0.6) is 0 Å². The molecule has 1 saturated heterocycles. The van der Waals surface area contributed by atoms with Crippen LogP contribution in [0.15, 0.2) is 91.0 Å². The van der Waals surface area contributed by atoms with Crippen molar-refractivity contribution in [1.29, 1.82) is 0 Å². The molecular formula is C51H66N6O6. The van der Waals surface area contributed by atoms with Gasteiger partial charge in [-0.25, -0.2) is 0 Å². The molecule has 7 rings (SSSR count). The lowest BCUT2D eigenvalue weighted by atomic mass is 9.83. The number of hydrogen-bond donors (Lipinski definition) is 3. The molecule has 3 aromatic rings. The second kappa shape index (κ2) is 21.2. The molecule has 12 nitrogen and oxygen atoms in total. The Labute approximate surface area is 372 Å². The molecule has 1 heterocycles. The molecule has 3 aliphatic carbocycles. The van der Waals surface area contributed by atoms with Gasteiger partial charge in [-0.2, -0.15) is 0 Å². The van der Waals surface area contributed by atoms with Crippen molar-refractivity contribution in [2.24, 2.45) is 17.8 Å². The maximum atomic E-state index is 14.6. The minimum Gasteiger partial charge on any atom is -0.344 e. The molecule has 12 heteroatoms. The summed E-state index contributed by atoms with van der Waals surface area (Å²) in [5.74, 6) is -2.49. The van der Waals surface area contributed by atoms with Crippen LogP contribution in [0, 0.1) is 17.8 Å². The van der Waals surface area contributed by atoms with E-state index in [4.69, 9.17) is 0 Å². The maximum Gasteiger partial charge on any atom is 0.245 e. The molecule has 0 unspecified atom stereocenters. The second-order valence-corrected chi connectivity index (χ2v) is 18.7. The van der Waals surface area contributed by atoms with Crippen LogP contribution in [0.3, 0.4) is 0 Å². The number of hydrogen-bond acceptors (Lipinski definition) is 6. The highest BCUT2D eigenvalue weighted by Gasteiger charge is 2.40. The summed E-state index contributed by atoms with van der Waals surface area (Å²) < 4.78 is 0. The largest absolute Gasteiger partial charge is 0.344 e. The fourth-order valence-electron chi connectivity index (χ4n) is 10.6. The van der Waals surface area contributed by atoms with Crippen LogP contribution in [-0.4, -0.2) is 108 Å². The molecule has 3 aromatic carbocycles. The Morgan fingerprint density at radius 1 is 0.397 bits per heavy atom. The van der Waals surface area contributed by atoms with Gasteiger partial charge in [-0.3, -0.25) is 28.8 Å². The van der Waals surface area contributed by atoms with E-state index >= 15 is 0 Å². The van der Waals surface area contributed by atoms with Gasteiger partial charge in [0.25, 0.3) is 0 Å². The van der Waals surface area contributed by atoms with Gasteiger partial charge in [0.1, 0.15) is 18.1 Å². The highest BCUT2D eigenvalue weighted by molar-refractivity contribution is 5.91. The van der Waals surface area contributed by atoms with E-state index in [2.05, 4.69) is 16.0 Å². The molecule has 3 saturated carbocycles. The normalized spacial score (nSPS) is 29.6. The fourth-order valence-corrected chi connectivity index (χ4v) is 10.6. The standard InChI is InChI=1S/C51H66N6O6/c1-55-40-25-13-22-37(31-40)46(58)53-44(29-35-18-9-5-10-19-35)50(62)57(3)42-27-15-24-39(33-42)48(60)54-45(30-36-20-11-6-12-21-36)51(63)56(2)41-26-14-23-38(32-41)47(59)52-43(49(55)61)28-34-16-7-4-8-17-34/h4-12,16-21,37-45H,13-15,22-33H2,1-3H3,(H,52,59)(H,53,58)(H,54,60)/t37-,38-,39-,40+,41+,42+,43-,44-,45-/m1/s1. The lowest BCUT2D eigenvalue weighted by Gasteiger charge is -2.39. The Bertz CT molecular complexity index is 1820. The Morgan fingerprint density at radius 3 is 0.905 bits per heavy atom. The van der Waals surface area contributed by atoms with Crippen LogP contribution in [0.2, 0.25) is 0 Å². The Balaban J connectivity index is 1.20. The van der Waals surface area contributed by atoms with Gasteiger partial charge in [-0.05, 0) is 74.5 Å². The molecule has 4 fully saturated rings. The first kappa shape index (κ1) is 45.5. The molecule has 0 aromatic heterocycles. The van der Waals surface area contributed by atoms with Gasteiger partial charge in [0.15, 0.2) is 0 Å². The monoisotopic (exact) mass is 859 g/mol. The Hall–Kier alpha value is -5.52. The van der Waals surface area contributed by atoms with Gasteiger partial charge in [0, 0.05) is 76.3 Å². The van der Waals surface area contributed by atoms with E-state index in [1.54, 1.807) is 35.8 Å². The summed E-state index contributed by atoms with van der Waals surface area (Å²) >= 11 is 0. The number of fused-ring (bicyclic) bond motifs is 6. The first-order chi connectivity index (χ1) is 30.4. The number of rotatable bonds is 6. The Kier molecular flexibility index (Phi) is 15.3. The molecule has 63 heavy (non-hydrogen) atoms. The minimum atomic E-state index is -0.835. The van der Waals surface area contributed by atoms with Crippen LogP contribution in [0.4, 0.5) is 0 Å². The molecule has 1 aliphatic heterocycles. The number of likely N-dealkylation sites (N-methyl/N-ethyl adjacent to an activating group) is 3. The van der Waals surface area contributed by atoms with Gasteiger partial charge in [-0.15, -0.1) is 0 Å². The van der Waals surface area contributed by atoms with Crippen molar-refractivity contribution < 1.29 is 28.8 Å². The molecular weight excluding hydrogens is 793 g/mol. The van der Waals surface area contributed by atoms with E-state index in [0.29, 0.717) is 57.8 Å². The van der Waals surface area contributed by atoms with Gasteiger partial charge in [0.2, 0.25) is 35.4 Å². The van der Waals surface area contributed by atoms with E-state index < -0.39 is 35.9 Å². The maximum absolute atomic E-state index is 14.6. The number of nitrogens with one attached hydrogen (secondary N) is 3. The molecule has 6 bridgehead atoms. The van der Waals surface area contributed by atoms with Crippen LogP contribution < -0.4 is 16.0 Å². The first-order valence-corrected chi connectivity index (χ1v) is 23.3.